The standard InChI is InChI=1S/C13H22N2O2/c1-8-11(9(2)17-15-8)12(16)10(14)6-7-13(3,4)5/h10H,6-7,14H2,1-5H3. The number of nitrogens with zero attached hydrogens (tertiary/aromatic N) is 1. The number of aryl methyl sites for hydroxylation is 2. The monoisotopic (exact) mass is 238 g/mol. The number of carbonyl (C=O) groups is 1. The Morgan fingerprint density at radius 3 is 2.41 bits per heavy atom. The van der Waals surface area contributed by atoms with Crippen molar-refractivity contribution in [2.24, 2.45) is 11.1 Å². The van der Waals surface area contributed by atoms with E-state index in [2.05, 4.69) is 25.9 Å². The van der Waals surface area contributed by atoms with E-state index in [1.54, 1.807) is 13.8 Å². The summed E-state index contributed by atoms with van der Waals surface area (Å²) in [6.45, 7) is 9.92. The van der Waals surface area contributed by atoms with E-state index in [4.69, 9.17) is 10.3 Å². The summed E-state index contributed by atoms with van der Waals surface area (Å²) in [7, 11) is 0. The number of carbonyl (C=O) groups excluding carboxylic acids is 1. The second-order valence-electron chi connectivity index (χ2n) is 5.77. The molecule has 0 aliphatic heterocycles. The summed E-state index contributed by atoms with van der Waals surface area (Å²) in [5.74, 6) is 0.490. The molecule has 96 valence electrons. The Hall–Kier alpha value is -1.16. The molecule has 4 nitrogen and oxygen atoms in total. The highest BCUT2D eigenvalue weighted by atomic mass is 16.5. The highest BCUT2D eigenvalue weighted by Gasteiger charge is 2.24. The predicted molar refractivity (Wildman–Crippen MR) is 67.0 cm³/mol. The van der Waals surface area contributed by atoms with Crippen LogP contribution in [0, 0.1) is 19.3 Å². The average Bonchev–Trinajstić information content (AvgIpc) is 2.53. The molecule has 17 heavy (non-hydrogen) atoms. The SMILES string of the molecule is Cc1noc(C)c1C(=O)C(N)CCC(C)(C)C. The van der Waals surface area contributed by atoms with Gasteiger partial charge >= 0.3 is 0 Å². The molecule has 1 aromatic heterocycles. The summed E-state index contributed by atoms with van der Waals surface area (Å²) in [5, 5.41) is 3.78. The summed E-state index contributed by atoms with van der Waals surface area (Å²) >= 11 is 0. The Balaban J connectivity index is 2.71. The second kappa shape index (κ2) is 5.00. The normalized spacial score (nSPS) is 13.8. The van der Waals surface area contributed by atoms with E-state index in [0.717, 1.165) is 6.42 Å². The lowest BCUT2D eigenvalue weighted by Gasteiger charge is -2.20. The van der Waals surface area contributed by atoms with Gasteiger partial charge < -0.3 is 10.3 Å². The number of aromatic nitrogens is 1. The lowest BCUT2D eigenvalue weighted by atomic mass is 9.87. The summed E-state index contributed by atoms with van der Waals surface area (Å²) in [6.07, 6.45) is 1.61. The second-order valence-corrected chi connectivity index (χ2v) is 5.77. The zero-order chi connectivity index (χ0) is 13.2. The van der Waals surface area contributed by atoms with Crippen molar-refractivity contribution in [2.45, 2.75) is 53.5 Å². The first-order valence-electron chi connectivity index (χ1n) is 5.95. The Labute approximate surface area is 103 Å². The fourth-order valence-corrected chi connectivity index (χ4v) is 1.74. The molecule has 0 aliphatic rings. The molecular weight excluding hydrogens is 216 g/mol. The van der Waals surface area contributed by atoms with Crippen LogP contribution in [0.5, 0.6) is 0 Å². The van der Waals surface area contributed by atoms with Gasteiger partial charge in [-0.1, -0.05) is 25.9 Å². The Bertz CT molecular complexity index is 383. The molecule has 1 unspecified atom stereocenters. The molecule has 0 amide bonds. The van der Waals surface area contributed by atoms with Crippen LogP contribution in [-0.2, 0) is 0 Å². The van der Waals surface area contributed by atoms with Gasteiger partial charge in [-0.15, -0.1) is 0 Å². The molecule has 0 saturated carbocycles. The third kappa shape index (κ3) is 3.66. The number of rotatable bonds is 4. The summed E-state index contributed by atoms with van der Waals surface area (Å²) in [6, 6.07) is -0.467. The predicted octanol–water partition coefficient (Wildman–Crippen LogP) is 2.63. The van der Waals surface area contributed by atoms with E-state index < -0.39 is 6.04 Å². The van der Waals surface area contributed by atoms with Gasteiger partial charge in [0.05, 0.1) is 17.3 Å². The molecule has 0 fully saturated rings. The maximum atomic E-state index is 12.1. The van der Waals surface area contributed by atoms with Crippen molar-refractivity contribution in [3.8, 4) is 0 Å². The van der Waals surface area contributed by atoms with Crippen LogP contribution in [0.25, 0.3) is 0 Å². The molecular formula is C13H22N2O2. The third-order valence-electron chi connectivity index (χ3n) is 2.82. The molecule has 0 aliphatic carbocycles. The Morgan fingerprint density at radius 1 is 1.41 bits per heavy atom. The smallest absolute Gasteiger partial charge is 0.184 e. The number of ketones is 1. The average molecular weight is 238 g/mol. The van der Waals surface area contributed by atoms with E-state index in [-0.39, 0.29) is 11.2 Å². The van der Waals surface area contributed by atoms with Crippen LogP contribution in [0.2, 0.25) is 0 Å². The van der Waals surface area contributed by atoms with Gasteiger partial charge in [0.25, 0.3) is 0 Å². The van der Waals surface area contributed by atoms with Gasteiger partial charge in [0, 0.05) is 0 Å². The van der Waals surface area contributed by atoms with Crippen molar-refractivity contribution in [3.05, 3.63) is 17.0 Å². The van der Waals surface area contributed by atoms with E-state index >= 15 is 0 Å². The van der Waals surface area contributed by atoms with E-state index in [1.165, 1.54) is 0 Å². The lowest BCUT2D eigenvalue weighted by Crippen LogP contribution is -2.32. The van der Waals surface area contributed by atoms with Crippen molar-refractivity contribution in [1.29, 1.82) is 0 Å². The number of nitrogens with two attached hydrogens (primary N) is 1. The minimum Gasteiger partial charge on any atom is -0.361 e. The minimum atomic E-state index is -0.467. The molecule has 0 spiro atoms. The topological polar surface area (TPSA) is 69.1 Å². The largest absolute Gasteiger partial charge is 0.361 e. The van der Waals surface area contributed by atoms with Crippen LogP contribution in [0.1, 0.15) is 55.4 Å². The molecule has 1 heterocycles. The minimum absolute atomic E-state index is 0.0644. The zero-order valence-electron chi connectivity index (χ0n) is 11.3. The fraction of sp³-hybridized carbons (Fsp3) is 0.692. The number of Topliss-reactive ketones (excluding diaryl/α,β-unsaturated/α-hetero) is 1. The van der Waals surface area contributed by atoms with Crippen molar-refractivity contribution < 1.29 is 9.32 Å². The summed E-state index contributed by atoms with van der Waals surface area (Å²) in [5.41, 5.74) is 7.30. The third-order valence-corrected chi connectivity index (χ3v) is 2.82. The van der Waals surface area contributed by atoms with Crippen molar-refractivity contribution in [3.63, 3.8) is 0 Å². The van der Waals surface area contributed by atoms with Crippen molar-refractivity contribution in [2.75, 3.05) is 0 Å². The van der Waals surface area contributed by atoms with Crippen molar-refractivity contribution in [1.82, 2.24) is 5.16 Å². The van der Waals surface area contributed by atoms with Gasteiger partial charge in [-0.2, -0.15) is 0 Å². The molecule has 0 radical (unpaired) electrons. The quantitative estimate of drug-likeness (QED) is 0.819. The maximum absolute atomic E-state index is 12.1. The van der Waals surface area contributed by atoms with Crippen LogP contribution in [0.3, 0.4) is 0 Å². The van der Waals surface area contributed by atoms with Crippen LogP contribution in [0.15, 0.2) is 4.52 Å². The summed E-state index contributed by atoms with van der Waals surface area (Å²) < 4.78 is 4.99. The van der Waals surface area contributed by atoms with Gasteiger partial charge in [-0.25, -0.2) is 0 Å². The molecule has 1 aromatic rings. The number of hydrogen-bond acceptors (Lipinski definition) is 4. The fourth-order valence-electron chi connectivity index (χ4n) is 1.74. The highest BCUT2D eigenvalue weighted by molar-refractivity contribution is 6.01. The summed E-state index contributed by atoms with van der Waals surface area (Å²) in [4.78, 5) is 12.1. The van der Waals surface area contributed by atoms with E-state index in [9.17, 15) is 4.79 Å². The zero-order valence-corrected chi connectivity index (χ0v) is 11.3. The van der Waals surface area contributed by atoms with Crippen molar-refractivity contribution >= 4 is 5.78 Å². The van der Waals surface area contributed by atoms with E-state index in [1.807, 2.05) is 0 Å². The first-order valence-corrected chi connectivity index (χ1v) is 5.95. The molecule has 4 heteroatoms. The first kappa shape index (κ1) is 13.9. The molecule has 2 N–H and O–H groups in total. The van der Waals surface area contributed by atoms with Gasteiger partial charge in [0.2, 0.25) is 0 Å². The van der Waals surface area contributed by atoms with Gasteiger partial charge in [-0.3, -0.25) is 4.79 Å². The molecule has 0 saturated heterocycles. The van der Waals surface area contributed by atoms with Gasteiger partial charge in [0.1, 0.15) is 5.76 Å². The lowest BCUT2D eigenvalue weighted by molar-refractivity contribution is 0.0949. The Kier molecular flexibility index (Phi) is 4.09. The van der Waals surface area contributed by atoms with Gasteiger partial charge in [-0.05, 0) is 32.1 Å². The van der Waals surface area contributed by atoms with E-state index in [0.29, 0.717) is 23.4 Å². The van der Waals surface area contributed by atoms with Crippen LogP contribution in [0.4, 0.5) is 0 Å². The Morgan fingerprint density at radius 2 is 2.00 bits per heavy atom. The van der Waals surface area contributed by atoms with Gasteiger partial charge in [0.15, 0.2) is 5.78 Å². The molecule has 1 atom stereocenters. The maximum Gasteiger partial charge on any atom is 0.184 e. The van der Waals surface area contributed by atoms with Crippen LogP contribution in [-0.4, -0.2) is 17.0 Å². The first-order chi connectivity index (χ1) is 7.72. The highest BCUT2D eigenvalue weighted by Crippen LogP contribution is 2.23. The molecule has 0 aromatic carbocycles. The van der Waals surface area contributed by atoms with Crippen LogP contribution >= 0.6 is 0 Å². The van der Waals surface area contributed by atoms with Crippen LogP contribution < -0.4 is 5.73 Å². The number of hydrogen-bond donors (Lipinski definition) is 1. The molecule has 1 rings (SSSR count). The molecule has 0 bridgehead atoms.